The van der Waals surface area contributed by atoms with Crippen LogP contribution >= 0.6 is 0 Å². The molecule has 100 valence electrons. The number of carbonyl (C=O) groups is 1. The zero-order chi connectivity index (χ0) is 13.8. The number of primary sulfonamides is 1. The second kappa shape index (κ2) is 5.74. The van der Waals surface area contributed by atoms with E-state index in [4.69, 9.17) is 10.2 Å². The summed E-state index contributed by atoms with van der Waals surface area (Å²) in [5.74, 6) is -2.87. The maximum atomic E-state index is 13.5. The predicted molar refractivity (Wildman–Crippen MR) is 62.2 cm³/mol. The van der Waals surface area contributed by atoms with E-state index < -0.39 is 27.4 Å². The Bertz CT molecular complexity index is 547. The first-order valence-electron chi connectivity index (χ1n) is 4.93. The molecule has 0 aliphatic rings. The van der Waals surface area contributed by atoms with Gasteiger partial charge in [0.25, 0.3) is 0 Å². The molecule has 0 radical (unpaired) electrons. The molecule has 1 rings (SSSR count). The van der Waals surface area contributed by atoms with E-state index in [0.717, 1.165) is 12.3 Å². The van der Waals surface area contributed by atoms with Crippen LogP contribution in [0.15, 0.2) is 12.3 Å². The van der Waals surface area contributed by atoms with Crippen molar-refractivity contribution in [2.75, 3.05) is 17.6 Å². The van der Waals surface area contributed by atoms with Crippen LogP contribution in [0.3, 0.4) is 0 Å². The van der Waals surface area contributed by atoms with Gasteiger partial charge >= 0.3 is 5.97 Å². The smallest absolute Gasteiger partial charge is 0.338 e. The van der Waals surface area contributed by atoms with E-state index >= 15 is 0 Å². The summed E-state index contributed by atoms with van der Waals surface area (Å²) >= 11 is 0. The number of rotatable bonds is 6. The molecule has 0 aromatic carbocycles. The van der Waals surface area contributed by atoms with E-state index in [1.807, 2.05) is 0 Å². The fourth-order valence-electron chi connectivity index (χ4n) is 1.21. The van der Waals surface area contributed by atoms with Gasteiger partial charge in [0.2, 0.25) is 10.0 Å². The maximum absolute atomic E-state index is 13.5. The topological polar surface area (TPSA) is 122 Å². The highest BCUT2D eigenvalue weighted by molar-refractivity contribution is 7.89. The number of nitrogens with zero attached hydrogens (tertiary/aromatic N) is 1. The minimum Gasteiger partial charge on any atom is -0.478 e. The molecule has 0 saturated heterocycles. The average Bonchev–Trinajstić information content (AvgIpc) is 2.24. The summed E-state index contributed by atoms with van der Waals surface area (Å²) in [6, 6.07) is 1.03. The van der Waals surface area contributed by atoms with Crippen molar-refractivity contribution in [3.63, 3.8) is 0 Å². The number of aromatic carboxylic acids is 1. The van der Waals surface area contributed by atoms with Crippen molar-refractivity contribution < 1.29 is 22.7 Å². The van der Waals surface area contributed by atoms with E-state index in [1.165, 1.54) is 0 Å². The molecule has 7 nitrogen and oxygen atoms in total. The Labute approximate surface area is 103 Å². The highest BCUT2D eigenvalue weighted by Crippen LogP contribution is 2.14. The molecule has 18 heavy (non-hydrogen) atoms. The number of hydrogen-bond donors (Lipinski definition) is 3. The molecule has 0 fully saturated rings. The molecule has 1 heterocycles. The third-order valence-electron chi connectivity index (χ3n) is 2.02. The molecular formula is C9H12FN3O4S. The van der Waals surface area contributed by atoms with Gasteiger partial charge < -0.3 is 10.4 Å². The van der Waals surface area contributed by atoms with Crippen molar-refractivity contribution in [3.05, 3.63) is 23.6 Å². The highest BCUT2D eigenvalue weighted by atomic mass is 32.2. The number of aromatic nitrogens is 1. The number of carboxylic acids is 1. The largest absolute Gasteiger partial charge is 0.478 e. The predicted octanol–water partition coefficient (Wildman–Crippen LogP) is 0.00940. The Balaban J connectivity index is 2.63. The van der Waals surface area contributed by atoms with Crippen molar-refractivity contribution in [3.8, 4) is 0 Å². The maximum Gasteiger partial charge on any atom is 0.338 e. The molecule has 0 spiro atoms. The molecule has 0 unspecified atom stereocenters. The van der Waals surface area contributed by atoms with Gasteiger partial charge in [-0.1, -0.05) is 0 Å². The normalized spacial score (nSPS) is 11.2. The number of carboxylic acid groups (broad SMARTS) is 1. The summed E-state index contributed by atoms with van der Waals surface area (Å²) in [4.78, 5) is 14.3. The standard InChI is InChI=1S/C9H12FN3O4S/c10-7-6(9(14)15)2-4-13-8(7)12-3-1-5-18(11,16)17/h2,4H,1,3,5H2,(H,12,13)(H,14,15)(H2,11,16,17). The lowest BCUT2D eigenvalue weighted by atomic mass is 10.2. The number of nitrogens with two attached hydrogens (primary N) is 1. The average molecular weight is 277 g/mol. The van der Waals surface area contributed by atoms with Crippen molar-refractivity contribution >= 4 is 21.8 Å². The van der Waals surface area contributed by atoms with Crippen molar-refractivity contribution in [1.29, 1.82) is 0 Å². The Morgan fingerprint density at radius 1 is 1.56 bits per heavy atom. The fraction of sp³-hybridized carbons (Fsp3) is 0.333. The van der Waals surface area contributed by atoms with Crippen LogP contribution in [0.2, 0.25) is 0 Å². The lowest BCUT2D eigenvalue weighted by Gasteiger charge is -2.07. The van der Waals surface area contributed by atoms with Crippen LogP contribution in [0.4, 0.5) is 10.2 Å². The number of anilines is 1. The molecule has 0 atom stereocenters. The molecular weight excluding hydrogens is 265 g/mol. The van der Waals surface area contributed by atoms with Crippen LogP contribution in [-0.4, -0.2) is 36.8 Å². The van der Waals surface area contributed by atoms with Gasteiger partial charge in [-0.25, -0.2) is 27.7 Å². The fourth-order valence-corrected chi connectivity index (χ4v) is 1.76. The van der Waals surface area contributed by atoms with Gasteiger partial charge in [0.05, 0.1) is 5.75 Å². The van der Waals surface area contributed by atoms with Gasteiger partial charge in [0.1, 0.15) is 5.56 Å². The molecule has 1 aromatic heterocycles. The van der Waals surface area contributed by atoms with E-state index in [0.29, 0.717) is 0 Å². The Morgan fingerprint density at radius 2 is 2.22 bits per heavy atom. The second-order valence-corrected chi connectivity index (χ2v) is 5.21. The number of nitrogens with one attached hydrogen (secondary N) is 1. The van der Waals surface area contributed by atoms with Crippen LogP contribution in [0, 0.1) is 5.82 Å². The summed E-state index contributed by atoms with van der Waals surface area (Å²) in [7, 11) is -3.56. The third-order valence-corrected chi connectivity index (χ3v) is 2.88. The van der Waals surface area contributed by atoms with Crippen LogP contribution in [0.25, 0.3) is 0 Å². The molecule has 0 bridgehead atoms. The van der Waals surface area contributed by atoms with E-state index in [9.17, 15) is 17.6 Å². The van der Waals surface area contributed by atoms with Gasteiger partial charge in [-0.15, -0.1) is 0 Å². The Kier molecular flexibility index (Phi) is 4.56. The summed E-state index contributed by atoms with van der Waals surface area (Å²) in [6.07, 6.45) is 1.31. The number of sulfonamides is 1. The van der Waals surface area contributed by atoms with Crippen LogP contribution in [-0.2, 0) is 10.0 Å². The SMILES string of the molecule is NS(=O)(=O)CCCNc1nccc(C(=O)O)c1F. The molecule has 1 aromatic rings. The number of hydrogen-bond acceptors (Lipinski definition) is 5. The first kappa shape index (κ1) is 14.3. The first-order chi connectivity index (χ1) is 8.31. The highest BCUT2D eigenvalue weighted by Gasteiger charge is 2.14. The van der Waals surface area contributed by atoms with Gasteiger partial charge in [0.15, 0.2) is 11.6 Å². The summed E-state index contributed by atoms with van der Waals surface area (Å²) in [5.41, 5.74) is -0.501. The number of pyridine rings is 1. The Morgan fingerprint density at radius 3 is 2.78 bits per heavy atom. The zero-order valence-electron chi connectivity index (χ0n) is 9.26. The molecule has 9 heteroatoms. The van der Waals surface area contributed by atoms with Gasteiger partial charge in [-0.3, -0.25) is 0 Å². The lowest BCUT2D eigenvalue weighted by Crippen LogP contribution is -2.19. The second-order valence-electron chi connectivity index (χ2n) is 3.47. The van der Waals surface area contributed by atoms with Crippen molar-refractivity contribution in [1.82, 2.24) is 4.98 Å². The first-order valence-corrected chi connectivity index (χ1v) is 6.65. The quantitative estimate of drug-likeness (QED) is 0.629. The minimum absolute atomic E-state index is 0.115. The number of halogens is 1. The lowest BCUT2D eigenvalue weighted by molar-refractivity contribution is 0.0692. The van der Waals surface area contributed by atoms with E-state index in [2.05, 4.69) is 10.3 Å². The summed E-state index contributed by atoms with van der Waals surface area (Å²) < 4.78 is 34.8. The van der Waals surface area contributed by atoms with Crippen molar-refractivity contribution in [2.45, 2.75) is 6.42 Å². The summed E-state index contributed by atoms with van der Waals surface area (Å²) in [6.45, 7) is 0.115. The van der Waals surface area contributed by atoms with Crippen LogP contribution in [0.5, 0.6) is 0 Å². The van der Waals surface area contributed by atoms with Crippen molar-refractivity contribution in [2.24, 2.45) is 5.14 Å². The van der Waals surface area contributed by atoms with Crippen LogP contribution in [0.1, 0.15) is 16.8 Å². The Hall–Kier alpha value is -1.74. The van der Waals surface area contributed by atoms with Gasteiger partial charge in [-0.05, 0) is 12.5 Å². The molecule has 4 N–H and O–H groups in total. The molecule has 0 amide bonds. The monoisotopic (exact) mass is 277 g/mol. The van der Waals surface area contributed by atoms with Gasteiger partial charge in [0, 0.05) is 12.7 Å². The molecule has 0 saturated carbocycles. The molecule has 0 aliphatic heterocycles. The minimum atomic E-state index is -3.56. The van der Waals surface area contributed by atoms with E-state index in [-0.39, 0.29) is 24.5 Å². The summed E-state index contributed by atoms with van der Waals surface area (Å²) in [5, 5.41) is 16.0. The van der Waals surface area contributed by atoms with E-state index in [1.54, 1.807) is 0 Å². The van der Waals surface area contributed by atoms with Gasteiger partial charge in [-0.2, -0.15) is 0 Å². The molecule has 0 aliphatic carbocycles. The third kappa shape index (κ3) is 4.26. The van der Waals surface area contributed by atoms with Crippen LogP contribution < -0.4 is 10.5 Å². The zero-order valence-corrected chi connectivity index (χ0v) is 10.1.